The van der Waals surface area contributed by atoms with Gasteiger partial charge in [-0.25, -0.2) is 4.98 Å². The van der Waals surface area contributed by atoms with Crippen LogP contribution in [-0.2, 0) is 0 Å². The quantitative estimate of drug-likeness (QED) is 0.772. The van der Waals surface area contributed by atoms with Crippen molar-refractivity contribution in [3.05, 3.63) is 18.7 Å². The Balaban J connectivity index is 2.19. The molecule has 0 amide bonds. The molecule has 0 aliphatic rings. The van der Waals surface area contributed by atoms with Gasteiger partial charge in [-0.1, -0.05) is 0 Å². The zero-order valence-corrected chi connectivity index (χ0v) is 13.4. The summed E-state index contributed by atoms with van der Waals surface area (Å²) in [4.78, 5) is 17.2. The molecule has 114 valence electrons. The summed E-state index contributed by atoms with van der Waals surface area (Å²) in [6, 6.07) is 0.310. The van der Waals surface area contributed by atoms with E-state index < -0.39 is 0 Å². The smallest absolute Gasteiger partial charge is 0.241 e. The van der Waals surface area contributed by atoms with Gasteiger partial charge in [-0.15, -0.1) is 0 Å². The zero-order valence-electron chi connectivity index (χ0n) is 12.6. The minimum absolute atomic E-state index is 0.310. The molecule has 2 aromatic rings. The highest BCUT2D eigenvalue weighted by atomic mass is 32.2. The summed E-state index contributed by atoms with van der Waals surface area (Å²) < 4.78 is 1.76. The van der Waals surface area contributed by atoms with Gasteiger partial charge < -0.3 is 10.6 Å². The third kappa shape index (κ3) is 4.59. The van der Waals surface area contributed by atoms with Crippen LogP contribution in [0.3, 0.4) is 0 Å². The molecule has 0 aliphatic carbocycles. The molecule has 1 unspecified atom stereocenters. The molecule has 7 nitrogen and oxygen atoms in total. The Kier molecular flexibility index (Phi) is 5.79. The lowest BCUT2D eigenvalue weighted by atomic mass is 10.3. The topological polar surface area (TPSA) is 80.5 Å². The van der Waals surface area contributed by atoms with Crippen molar-refractivity contribution >= 4 is 23.7 Å². The van der Waals surface area contributed by atoms with E-state index in [0.29, 0.717) is 23.9 Å². The van der Waals surface area contributed by atoms with Gasteiger partial charge in [0.25, 0.3) is 0 Å². The summed E-state index contributed by atoms with van der Waals surface area (Å²) in [6.45, 7) is 4.90. The number of nitrogens with zero attached hydrogens (tertiary/aromatic N) is 5. The van der Waals surface area contributed by atoms with Gasteiger partial charge in [0.1, 0.15) is 6.33 Å². The molecular weight excluding hydrogens is 286 g/mol. The maximum absolute atomic E-state index is 4.45. The lowest BCUT2D eigenvalue weighted by Gasteiger charge is -2.14. The van der Waals surface area contributed by atoms with Gasteiger partial charge >= 0.3 is 0 Å². The second-order valence-electron chi connectivity index (χ2n) is 4.61. The van der Waals surface area contributed by atoms with Crippen LogP contribution in [-0.4, -0.2) is 49.1 Å². The number of hydrogen-bond acceptors (Lipinski definition) is 7. The maximum Gasteiger partial charge on any atom is 0.241 e. The Morgan fingerprint density at radius 2 is 2.10 bits per heavy atom. The minimum Gasteiger partial charge on any atom is -0.354 e. The van der Waals surface area contributed by atoms with E-state index in [1.165, 1.54) is 0 Å². The van der Waals surface area contributed by atoms with Crippen LogP contribution in [0.15, 0.2) is 18.7 Å². The Bertz CT molecular complexity index is 543. The van der Waals surface area contributed by atoms with E-state index in [4.69, 9.17) is 0 Å². The van der Waals surface area contributed by atoms with Gasteiger partial charge in [0.15, 0.2) is 0 Å². The molecule has 2 N–H and O–H groups in total. The van der Waals surface area contributed by atoms with Crippen molar-refractivity contribution in [1.29, 1.82) is 0 Å². The molecule has 0 aliphatic heterocycles. The predicted molar refractivity (Wildman–Crippen MR) is 87.2 cm³/mol. The van der Waals surface area contributed by atoms with Crippen molar-refractivity contribution in [3.63, 3.8) is 0 Å². The minimum atomic E-state index is 0.310. The summed E-state index contributed by atoms with van der Waals surface area (Å²) in [5.41, 5.74) is 0. The van der Waals surface area contributed by atoms with Crippen LogP contribution < -0.4 is 10.6 Å². The van der Waals surface area contributed by atoms with Crippen LogP contribution in [0.1, 0.15) is 20.3 Å². The van der Waals surface area contributed by atoms with Gasteiger partial charge in [0, 0.05) is 25.0 Å². The monoisotopic (exact) mass is 307 g/mol. The van der Waals surface area contributed by atoms with E-state index in [0.717, 1.165) is 18.7 Å². The molecule has 0 aromatic carbocycles. The van der Waals surface area contributed by atoms with Crippen LogP contribution in [0.4, 0.5) is 11.9 Å². The van der Waals surface area contributed by atoms with Gasteiger partial charge in [0.2, 0.25) is 17.8 Å². The average molecular weight is 307 g/mol. The summed E-state index contributed by atoms with van der Waals surface area (Å²) in [7, 11) is 0. The molecule has 2 heterocycles. The van der Waals surface area contributed by atoms with E-state index >= 15 is 0 Å². The Labute approximate surface area is 129 Å². The number of rotatable bonds is 8. The molecule has 1 atom stereocenters. The second kappa shape index (κ2) is 7.82. The lowest BCUT2D eigenvalue weighted by molar-refractivity contribution is 0.754. The molecule has 2 rings (SSSR count). The normalized spacial score (nSPS) is 12.1. The van der Waals surface area contributed by atoms with Crippen molar-refractivity contribution in [2.75, 3.05) is 29.2 Å². The third-order valence-corrected chi connectivity index (χ3v) is 3.47. The fourth-order valence-corrected chi connectivity index (χ4v) is 2.34. The standard InChI is InChI=1S/C13H21N7S/c1-4-15-11-17-12(16-10(2)5-8-21-3)19-13(18-11)20-7-6-14-9-20/h6-7,9-10H,4-5,8H2,1-3H3,(H2,15,16,17,18,19). The molecule has 8 heteroatoms. The first-order valence-corrected chi connectivity index (χ1v) is 8.36. The first-order chi connectivity index (χ1) is 10.2. The maximum atomic E-state index is 4.45. The SMILES string of the molecule is CCNc1nc(NC(C)CCSC)nc(-n2ccnc2)n1. The third-order valence-electron chi connectivity index (χ3n) is 2.82. The highest BCUT2D eigenvalue weighted by Gasteiger charge is 2.10. The first-order valence-electron chi connectivity index (χ1n) is 6.96. The van der Waals surface area contributed by atoms with Crippen molar-refractivity contribution in [3.8, 4) is 5.95 Å². The fraction of sp³-hybridized carbons (Fsp3) is 0.538. The van der Waals surface area contributed by atoms with E-state index in [1.807, 2.05) is 24.9 Å². The molecule has 21 heavy (non-hydrogen) atoms. The van der Waals surface area contributed by atoms with E-state index in [9.17, 15) is 0 Å². The van der Waals surface area contributed by atoms with E-state index in [-0.39, 0.29) is 0 Å². The summed E-state index contributed by atoms with van der Waals surface area (Å²) in [5.74, 6) is 2.81. The Morgan fingerprint density at radius 3 is 2.76 bits per heavy atom. The summed E-state index contributed by atoms with van der Waals surface area (Å²) in [6.07, 6.45) is 8.35. The molecule has 0 bridgehead atoms. The highest BCUT2D eigenvalue weighted by Crippen LogP contribution is 2.11. The second-order valence-corrected chi connectivity index (χ2v) is 5.60. The van der Waals surface area contributed by atoms with Crippen LogP contribution in [0.2, 0.25) is 0 Å². The van der Waals surface area contributed by atoms with Crippen molar-refractivity contribution in [2.45, 2.75) is 26.3 Å². The Hall–Kier alpha value is -1.83. The predicted octanol–water partition coefficient (Wildman–Crippen LogP) is 2.04. The van der Waals surface area contributed by atoms with Crippen LogP contribution >= 0.6 is 11.8 Å². The van der Waals surface area contributed by atoms with Crippen LogP contribution in [0.25, 0.3) is 5.95 Å². The zero-order chi connectivity index (χ0) is 15.1. The van der Waals surface area contributed by atoms with Crippen molar-refractivity contribution in [2.24, 2.45) is 0 Å². The summed E-state index contributed by atoms with van der Waals surface area (Å²) in [5, 5.41) is 6.46. The van der Waals surface area contributed by atoms with Crippen molar-refractivity contribution < 1.29 is 0 Å². The van der Waals surface area contributed by atoms with Crippen LogP contribution in [0, 0.1) is 0 Å². The summed E-state index contributed by atoms with van der Waals surface area (Å²) >= 11 is 1.84. The molecular formula is C13H21N7S. The van der Waals surface area contributed by atoms with Gasteiger partial charge in [-0.2, -0.15) is 26.7 Å². The van der Waals surface area contributed by atoms with Gasteiger partial charge in [-0.3, -0.25) is 4.57 Å². The molecule has 0 saturated heterocycles. The Morgan fingerprint density at radius 1 is 1.29 bits per heavy atom. The van der Waals surface area contributed by atoms with E-state index in [2.05, 4.69) is 43.7 Å². The fourth-order valence-electron chi connectivity index (χ4n) is 1.75. The average Bonchev–Trinajstić information content (AvgIpc) is 2.99. The van der Waals surface area contributed by atoms with E-state index in [1.54, 1.807) is 17.1 Å². The first kappa shape index (κ1) is 15.6. The lowest BCUT2D eigenvalue weighted by Crippen LogP contribution is -2.19. The largest absolute Gasteiger partial charge is 0.354 e. The van der Waals surface area contributed by atoms with Gasteiger partial charge in [-0.05, 0) is 32.3 Å². The van der Waals surface area contributed by atoms with Crippen LogP contribution in [0.5, 0.6) is 0 Å². The number of aromatic nitrogens is 5. The number of imidazole rings is 1. The number of thioether (sulfide) groups is 1. The number of anilines is 2. The van der Waals surface area contributed by atoms with Crippen molar-refractivity contribution in [1.82, 2.24) is 24.5 Å². The molecule has 2 aromatic heterocycles. The number of hydrogen-bond donors (Lipinski definition) is 2. The molecule has 0 spiro atoms. The number of nitrogens with one attached hydrogen (secondary N) is 2. The highest BCUT2D eigenvalue weighted by molar-refractivity contribution is 7.98. The molecule has 0 saturated carbocycles. The van der Waals surface area contributed by atoms with Gasteiger partial charge in [0.05, 0.1) is 0 Å². The molecule has 0 fully saturated rings. The molecule has 0 radical (unpaired) electrons.